The van der Waals surface area contributed by atoms with Crippen LogP contribution in [0.2, 0.25) is 5.02 Å². The number of nitrogens with two attached hydrogens (primary N) is 1. The number of nitrogen functional groups attached to an aromatic ring is 1. The Morgan fingerprint density at radius 3 is 2.62 bits per heavy atom. The van der Waals surface area contributed by atoms with Gasteiger partial charge in [0.2, 0.25) is 11.9 Å². The fraction of sp³-hybridized carbons (Fsp3) is 0.333. The monoisotopic (exact) mass is 309 g/mol. The number of rotatable bonds is 6. The fourth-order valence-corrected chi connectivity index (χ4v) is 1.82. The van der Waals surface area contributed by atoms with Gasteiger partial charge in [0.1, 0.15) is 0 Å². The van der Waals surface area contributed by atoms with Gasteiger partial charge in [-0.2, -0.15) is 15.0 Å². The van der Waals surface area contributed by atoms with E-state index in [0.717, 1.165) is 13.1 Å². The van der Waals surface area contributed by atoms with E-state index in [9.17, 15) is 0 Å². The minimum atomic E-state index is 0.115. The van der Waals surface area contributed by atoms with Crippen LogP contribution in [0, 0.1) is 0 Å². The van der Waals surface area contributed by atoms with Gasteiger partial charge in [-0.25, -0.2) is 5.84 Å². The van der Waals surface area contributed by atoms with E-state index in [1.165, 1.54) is 12.4 Å². The number of hydrogen-bond acceptors (Lipinski definition) is 8. The number of nitrogens with one attached hydrogen (secondary N) is 1. The van der Waals surface area contributed by atoms with Gasteiger partial charge in [0.05, 0.1) is 11.2 Å². The van der Waals surface area contributed by atoms with E-state index in [-0.39, 0.29) is 12.0 Å². The summed E-state index contributed by atoms with van der Waals surface area (Å²) >= 11 is 5.86. The van der Waals surface area contributed by atoms with E-state index in [1.807, 2.05) is 18.7 Å². The lowest BCUT2D eigenvalue weighted by atomic mass is 10.5. The first kappa shape index (κ1) is 15.2. The Bertz CT molecular complexity index is 606. The van der Waals surface area contributed by atoms with Crippen molar-refractivity contribution in [3.63, 3.8) is 0 Å². The topological polar surface area (TPSA) is 102 Å². The standard InChI is InChI=1S/C12H16ClN7O/c1-3-20(4-2)11-16-10(19-14)17-12(18-11)21-9-5-8(13)6-15-7-9/h5-7H,3-4,14H2,1-2H3,(H,16,17,18,19). The molecule has 2 aromatic heterocycles. The minimum absolute atomic E-state index is 0.115. The largest absolute Gasteiger partial charge is 0.422 e. The van der Waals surface area contributed by atoms with Crippen molar-refractivity contribution in [3.05, 3.63) is 23.5 Å². The number of hydrogen-bond donors (Lipinski definition) is 2. The second-order valence-electron chi connectivity index (χ2n) is 4.00. The van der Waals surface area contributed by atoms with Crippen LogP contribution in [0.3, 0.4) is 0 Å². The van der Waals surface area contributed by atoms with Crippen LogP contribution in [-0.4, -0.2) is 33.0 Å². The maximum absolute atomic E-state index is 5.86. The number of nitrogens with zero attached hydrogens (tertiary/aromatic N) is 5. The summed E-state index contributed by atoms with van der Waals surface area (Å²) < 4.78 is 5.55. The lowest BCUT2D eigenvalue weighted by molar-refractivity contribution is 0.438. The minimum Gasteiger partial charge on any atom is -0.422 e. The molecular formula is C12H16ClN7O. The smallest absolute Gasteiger partial charge is 0.328 e. The Morgan fingerprint density at radius 1 is 1.24 bits per heavy atom. The molecule has 0 atom stereocenters. The number of pyridine rings is 1. The molecule has 0 saturated carbocycles. The Morgan fingerprint density at radius 2 is 2.00 bits per heavy atom. The van der Waals surface area contributed by atoms with E-state index >= 15 is 0 Å². The van der Waals surface area contributed by atoms with Crippen LogP contribution in [0.1, 0.15) is 13.8 Å². The molecule has 112 valence electrons. The molecule has 3 N–H and O–H groups in total. The van der Waals surface area contributed by atoms with Gasteiger partial charge in [-0.1, -0.05) is 11.6 Å². The molecular weight excluding hydrogens is 294 g/mol. The summed E-state index contributed by atoms with van der Waals surface area (Å²) in [6, 6.07) is 1.73. The van der Waals surface area contributed by atoms with Crippen LogP contribution in [0.5, 0.6) is 11.8 Å². The van der Waals surface area contributed by atoms with Gasteiger partial charge in [-0.3, -0.25) is 10.4 Å². The first-order valence-electron chi connectivity index (χ1n) is 6.42. The van der Waals surface area contributed by atoms with Gasteiger partial charge in [-0.15, -0.1) is 0 Å². The summed E-state index contributed by atoms with van der Waals surface area (Å²) in [5, 5.41) is 0.461. The number of halogens is 1. The first-order chi connectivity index (χ1) is 10.2. The number of aromatic nitrogens is 4. The average molecular weight is 310 g/mol. The van der Waals surface area contributed by atoms with E-state index in [4.69, 9.17) is 22.2 Å². The molecule has 0 fully saturated rings. The molecule has 0 aromatic carbocycles. The Hall–Kier alpha value is -2.19. The van der Waals surface area contributed by atoms with Crippen molar-refractivity contribution in [3.8, 4) is 11.8 Å². The van der Waals surface area contributed by atoms with Gasteiger partial charge in [-0.05, 0) is 13.8 Å². The molecule has 0 radical (unpaired) electrons. The van der Waals surface area contributed by atoms with Crippen LogP contribution in [0.15, 0.2) is 18.5 Å². The molecule has 2 heterocycles. The third-order valence-electron chi connectivity index (χ3n) is 2.67. The number of hydrazine groups is 1. The Labute approximate surface area is 127 Å². The second kappa shape index (κ2) is 7.00. The molecule has 0 amide bonds. The van der Waals surface area contributed by atoms with Gasteiger partial charge in [0.25, 0.3) is 0 Å². The zero-order chi connectivity index (χ0) is 15.2. The van der Waals surface area contributed by atoms with Crippen molar-refractivity contribution in [2.75, 3.05) is 23.4 Å². The average Bonchev–Trinajstić information content (AvgIpc) is 2.48. The van der Waals surface area contributed by atoms with Crippen molar-refractivity contribution < 1.29 is 4.74 Å². The van der Waals surface area contributed by atoms with Crippen LogP contribution in [0.4, 0.5) is 11.9 Å². The molecule has 21 heavy (non-hydrogen) atoms. The predicted molar refractivity (Wildman–Crippen MR) is 80.5 cm³/mol. The van der Waals surface area contributed by atoms with Crippen molar-refractivity contribution in [2.24, 2.45) is 5.84 Å². The number of anilines is 2. The first-order valence-corrected chi connectivity index (χ1v) is 6.80. The van der Waals surface area contributed by atoms with Crippen molar-refractivity contribution >= 4 is 23.5 Å². The molecule has 2 aromatic rings. The molecule has 0 aliphatic rings. The molecule has 0 aliphatic heterocycles. The van der Waals surface area contributed by atoms with Gasteiger partial charge >= 0.3 is 6.01 Å². The Kier molecular flexibility index (Phi) is 5.07. The summed E-state index contributed by atoms with van der Waals surface area (Å²) in [6.45, 7) is 5.51. The highest BCUT2D eigenvalue weighted by molar-refractivity contribution is 6.30. The quantitative estimate of drug-likeness (QED) is 0.615. The third kappa shape index (κ3) is 3.89. The van der Waals surface area contributed by atoms with Gasteiger partial charge in [0, 0.05) is 25.4 Å². The molecule has 0 unspecified atom stereocenters. The van der Waals surface area contributed by atoms with Crippen molar-refractivity contribution in [1.82, 2.24) is 19.9 Å². The molecule has 9 heteroatoms. The van der Waals surface area contributed by atoms with Crippen molar-refractivity contribution in [2.45, 2.75) is 13.8 Å². The maximum atomic E-state index is 5.86. The highest BCUT2D eigenvalue weighted by atomic mass is 35.5. The van der Waals surface area contributed by atoms with Crippen LogP contribution < -0.4 is 20.9 Å². The van der Waals surface area contributed by atoms with Crippen LogP contribution in [-0.2, 0) is 0 Å². The maximum Gasteiger partial charge on any atom is 0.328 e. The lowest BCUT2D eigenvalue weighted by Crippen LogP contribution is -2.25. The normalized spacial score (nSPS) is 10.3. The predicted octanol–water partition coefficient (Wildman–Crippen LogP) is 1.84. The molecule has 0 aliphatic carbocycles. The molecule has 2 rings (SSSR count). The lowest BCUT2D eigenvalue weighted by Gasteiger charge is -2.19. The molecule has 0 spiro atoms. The van der Waals surface area contributed by atoms with E-state index in [0.29, 0.717) is 16.7 Å². The summed E-state index contributed by atoms with van der Waals surface area (Å²) in [6.07, 6.45) is 3.03. The van der Waals surface area contributed by atoms with Crippen LogP contribution >= 0.6 is 11.6 Å². The summed E-state index contributed by atoms with van der Waals surface area (Å²) in [4.78, 5) is 18.4. The zero-order valence-electron chi connectivity index (χ0n) is 11.7. The van der Waals surface area contributed by atoms with Gasteiger partial charge < -0.3 is 9.64 Å². The molecule has 0 saturated heterocycles. The van der Waals surface area contributed by atoms with Crippen LogP contribution in [0.25, 0.3) is 0 Å². The Balaban J connectivity index is 2.32. The van der Waals surface area contributed by atoms with E-state index in [1.54, 1.807) is 6.07 Å². The number of ether oxygens (including phenoxy) is 1. The highest BCUT2D eigenvalue weighted by Crippen LogP contribution is 2.22. The van der Waals surface area contributed by atoms with E-state index < -0.39 is 0 Å². The third-order valence-corrected chi connectivity index (χ3v) is 2.87. The molecule has 0 bridgehead atoms. The summed E-state index contributed by atoms with van der Waals surface area (Å²) in [7, 11) is 0. The molecule has 8 nitrogen and oxygen atoms in total. The summed E-state index contributed by atoms with van der Waals surface area (Å²) in [5.74, 6) is 6.51. The summed E-state index contributed by atoms with van der Waals surface area (Å²) in [5.41, 5.74) is 2.40. The second-order valence-corrected chi connectivity index (χ2v) is 4.44. The van der Waals surface area contributed by atoms with E-state index in [2.05, 4.69) is 25.4 Å². The van der Waals surface area contributed by atoms with Crippen molar-refractivity contribution in [1.29, 1.82) is 0 Å². The fourth-order valence-electron chi connectivity index (χ4n) is 1.66. The zero-order valence-corrected chi connectivity index (χ0v) is 12.5. The SMILES string of the molecule is CCN(CC)c1nc(NN)nc(Oc2cncc(Cl)c2)n1. The van der Waals surface area contributed by atoms with Gasteiger partial charge in [0.15, 0.2) is 5.75 Å². The highest BCUT2D eigenvalue weighted by Gasteiger charge is 2.12.